The molecule has 0 bridgehead atoms. The van der Waals surface area contributed by atoms with Crippen LogP contribution in [0.3, 0.4) is 0 Å². The van der Waals surface area contributed by atoms with E-state index in [9.17, 15) is 14.4 Å². The molecule has 2 amide bonds. The Bertz CT molecular complexity index is 873. The smallest absolute Gasteiger partial charge is 0.325 e. The fraction of sp³-hybridized carbons (Fsp3) is 0.350. The lowest BCUT2D eigenvalue weighted by Crippen LogP contribution is -2.38. The number of thiophene rings is 1. The first kappa shape index (κ1) is 19.1. The second-order valence-corrected chi connectivity index (χ2v) is 7.93. The second kappa shape index (κ2) is 7.92. The van der Waals surface area contributed by atoms with Crippen molar-refractivity contribution >= 4 is 34.8 Å². The fourth-order valence-corrected chi connectivity index (χ4v) is 4.36. The van der Waals surface area contributed by atoms with Crippen LogP contribution in [0, 0.1) is 5.92 Å². The van der Waals surface area contributed by atoms with Crippen LogP contribution in [0.5, 0.6) is 0 Å². The highest BCUT2D eigenvalue weighted by molar-refractivity contribution is 7.10. The molecule has 1 aliphatic rings. The Balaban J connectivity index is 1.66. The molecule has 27 heavy (non-hydrogen) atoms. The summed E-state index contributed by atoms with van der Waals surface area (Å²) < 4.78 is 0. The van der Waals surface area contributed by atoms with Gasteiger partial charge < -0.3 is 15.7 Å². The van der Waals surface area contributed by atoms with Gasteiger partial charge in [0.15, 0.2) is 0 Å². The lowest BCUT2D eigenvalue weighted by atomic mass is 9.88. The molecule has 1 aromatic carbocycles. The highest BCUT2D eigenvalue weighted by Gasteiger charge is 2.23. The molecule has 6 nitrogen and oxygen atoms in total. The van der Waals surface area contributed by atoms with Gasteiger partial charge in [-0.3, -0.25) is 14.4 Å². The number of rotatable bonds is 5. The van der Waals surface area contributed by atoms with E-state index >= 15 is 0 Å². The third-order valence-corrected chi connectivity index (χ3v) is 5.82. The maximum Gasteiger partial charge on any atom is 0.325 e. The Morgan fingerprint density at radius 1 is 1.19 bits per heavy atom. The van der Waals surface area contributed by atoms with Gasteiger partial charge in [-0.2, -0.15) is 0 Å². The summed E-state index contributed by atoms with van der Waals surface area (Å²) in [5.74, 6) is -1.04. The van der Waals surface area contributed by atoms with Gasteiger partial charge in [0, 0.05) is 21.5 Å². The lowest BCUT2D eigenvalue weighted by Gasteiger charge is -2.18. The van der Waals surface area contributed by atoms with Gasteiger partial charge in [-0.05, 0) is 61.9 Å². The number of aliphatic carboxylic acids is 1. The van der Waals surface area contributed by atoms with E-state index in [1.165, 1.54) is 11.8 Å². The molecule has 3 rings (SSSR count). The molecule has 3 N–H and O–H groups in total. The van der Waals surface area contributed by atoms with Crippen molar-refractivity contribution < 1.29 is 19.5 Å². The number of anilines is 1. The number of hydrogen-bond donors (Lipinski definition) is 3. The molecule has 1 aliphatic carbocycles. The predicted molar refractivity (Wildman–Crippen MR) is 104 cm³/mol. The molecule has 2 aromatic rings. The quantitative estimate of drug-likeness (QED) is 0.734. The number of carbonyl (C=O) groups is 3. The normalized spacial score (nSPS) is 16.9. The highest BCUT2D eigenvalue weighted by atomic mass is 32.1. The van der Waals surface area contributed by atoms with Gasteiger partial charge in [-0.25, -0.2) is 0 Å². The summed E-state index contributed by atoms with van der Waals surface area (Å²) in [7, 11) is 0. The van der Waals surface area contributed by atoms with Gasteiger partial charge in [0.1, 0.15) is 6.04 Å². The monoisotopic (exact) mass is 386 g/mol. The Morgan fingerprint density at radius 2 is 1.89 bits per heavy atom. The summed E-state index contributed by atoms with van der Waals surface area (Å²) in [6, 6.07) is 5.43. The van der Waals surface area contributed by atoms with Crippen molar-refractivity contribution in [3.8, 4) is 0 Å². The third-order valence-electron chi connectivity index (χ3n) is 4.77. The minimum absolute atomic E-state index is 0.140. The zero-order chi connectivity index (χ0) is 19.6. The third kappa shape index (κ3) is 4.36. The van der Waals surface area contributed by atoms with Crippen LogP contribution in [0.15, 0.2) is 29.6 Å². The molecule has 0 radical (unpaired) electrons. The second-order valence-electron chi connectivity index (χ2n) is 6.96. The molecule has 7 heteroatoms. The summed E-state index contributed by atoms with van der Waals surface area (Å²) in [5, 5.41) is 16.0. The number of nitrogens with one attached hydrogen (secondary N) is 2. The zero-order valence-corrected chi connectivity index (χ0v) is 16.1. The van der Waals surface area contributed by atoms with Gasteiger partial charge in [0.05, 0.1) is 5.56 Å². The van der Waals surface area contributed by atoms with Crippen molar-refractivity contribution in [2.75, 3.05) is 5.32 Å². The molecule has 142 valence electrons. The minimum atomic E-state index is -1.10. The molecule has 0 saturated heterocycles. The van der Waals surface area contributed by atoms with Crippen LogP contribution in [0.2, 0.25) is 0 Å². The van der Waals surface area contributed by atoms with Crippen molar-refractivity contribution in [3.63, 3.8) is 0 Å². The molecule has 0 spiro atoms. The van der Waals surface area contributed by atoms with Crippen molar-refractivity contribution in [1.29, 1.82) is 0 Å². The average molecular weight is 386 g/mol. The van der Waals surface area contributed by atoms with Gasteiger partial charge in [0.2, 0.25) is 0 Å². The van der Waals surface area contributed by atoms with Gasteiger partial charge >= 0.3 is 5.97 Å². The topological polar surface area (TPSA) is 95.5 Å². The number of carboxylic acids is 1. The summed E-state index contributed by atoms with van der Waals surface area (Å²) in [5.41, 5.74) is 2.82. The molecule has 0 fully saturated rings. The molecule has 0 aliphatic heterocycles. The average Bonchev–Trinajstić information content (AvgIpc) is 3.05. The van der Waals surface area contributed by atoms with E-state index in [0.29, 0.717) is 17.2 Å². The molecule has 1 aromatic heterocycles. The molecule has 2 unspecified atom stereocenters. The zero-order valence-electron chi connectivity index (χ0n) is 15.2. The van der Waals surface area contributed by atoms with Crippen molar-refractivity contribution in [2.45, 2.75) is 39.2 Å². The van der Waals surface area contributed by atoms with E-state index < -0.39 is 17.9 Å². The number of amides is 2. The first-order chi connectivity index (χ1) is 12.8. The van der Waals surface area contributed by atoms with E-state index in [4.69, 9.17) is 5.11 Å². The van der Waals surface area contributed by atoms with Crippen molar-refractivity contribution in [2.24, 2.45) is 5.92 Å². The molecule has 2 atom stereocenters. The summed E-state index contributed by atoms with van der Waals surface area (Å²) in [4.78, 5) is 36.7. The Labute approximate surface area is 161 Å². The number of benzene rings is 1. The lowest BCUT2D eigenvalue weighted by molar-refractivity contribution is -0.138. The van der Waals surface area contributed by atoms with Crippen LogP contribution < -0.4 is 10.6 Å². The van der Waals surface area contributed by atoms with Crippen LogP contribution in [0.25, 0.3) is 0 Å². The SMILES string of the molecule is CC1CCc2c(C(=O)Nc3ccc(C(=O)NC(C)C(=O)O)cc3)csc2C1. The standard InChI is InChI=1S/C20H22N2O4S/c1-11-3-8-15-16(10-27-17(15)9-11)19(24)22-14-6-4-13(5-7-14)18(23)21-12(2)20(25)26/h4-7,10-12H,3,8-9H2,1-2H3,(H,21,23)(H,22,24)(H,25,26). The maximum absolute atomic E-state index is 12.6. The van der Waals surface area contributed by atoms with E-state index in [1.54, 1.807) is 35.6 Å². The predicted octanol–water partition coefficient (Wildman–Crippen LogP) is 3.33. The van der Waals surface area contributed by atoms with Gasteiger partial charge in [0.25, 0.3) is 11.8 Å². The van der Waals surface area contributed by atoms with Crippen molar-refractivity contribution in [3.05, 3.63) is 51.2 Å². The summed E-state index contributed by atoms with van der Waals surface area (Å²) in [6.45, 7) is 3.63. The Morgan fingerprint density at radius 3 is 2.56 bits per heavy atom. The largest absolute Gasteiger partial charge is 0.480 e. The number of carboxylic acid groups (broad SMARTS) is 1. The van der Waals surface area contributed by atoms with Crippen LogP contribution in [0.1, 0.15) is 51.4 Å². The van der Waals surface area contributed by atoms with E-state index in [0.717, 1.165) is 30.4 Å². The molecule has 1 heterocycles. The fourth-order valence-electron chi connectivity index (χ4n) is 3.11. The molecular formula is C20H22N2O4S. The number of hydrogen-bond acceptors (Lipinski definition) is 4. The maximum atomic E-state index is 12.6. The number of fused-ring (bicyclic) bond motifs is 1. The van der Waals surface area contributed by atoms with Crippen LogP contribution in [-0.2, 0) is 17.6 Å². The van der Waals surface area contributed by atoms with Crippen LogP contribution in [0.4, 0.5) is 5.69 Å². The summed E-state index contributed by atoms with van der Waals surface area (Å²) >= 11 is 1.65. The Kier molecular flexibility index (Phi) is 5.60. The first-order valence-corrected chi connectivity index (χ1v) is 9.77. The van der Waals surface area contributed by atoms with E-state index in [1.807, 2.05) is 5.38 Å². The summed E-state index contributed by atoms with van der Waals surface area (Å²) in [6.07, 6.45) is 3.07. The highest BCUT2D eigenvalue weighted by Crippen LogP contribution is 2.33. The van der Waals surface area contributed by atoms with Crippen LogP contribution >= 0.6 is 11.3 Å². The van der Waals surface area contributed by atoms with Crippen molar-refractivity contribution in [1.82, 2.24) is 5.32 Å². The first-order valence-electron chi connectivity index (χ1n) is 8.89. The van der Waals surface area contributed by atoms with Crippen LogP contribution in [-0.4, -0.2) is 28.9 Å². The van der Waals surface area contributed by atoms with Gasteiger partial charge in [-0.1, -0.05) is 6.92 Å². The van der Waals surface area contributed by atoms with E-state index in [2.05, 4.69) is 17.6 Å². The molecule has 0 saturated carbocycles. The van der Waals surface area contributed by atoms with E-state index in [-0.39, 0.29) is 5.91 Å². The van der Waals surface area contributed by atoms with Gasteiger partial charge in [-0.15, -0.1) is 11.3 Å². The number of carbonyl (C=O) groups excluding carboxylic acids is 2. The minimum Gasteiger partial charge on any atom is -0.480 e. The Hall–Kier alpha value is -2.67. The molecular weight excluding hydrogens is 364 g/mol.